The van der Waals surface area contributed by atoms with E-state index in [9.17, 15) is 21.5 Å². The predicted molar refractivity (Wildman–Crippen MR) is 57.2 cm³/mol. The third-order valence-corrected chi connectivity index (χ3v) is 3.74. The van der Waals surface area contributed by atoms with E-state index < -0.39 is 33.6 Å². The molecule has 0 spiro atoms. The Morgan fingerprint density at radius 2 is 1.94 bits per heavy atom. The Balaban J connectivity index is 2.31. The van der Waals surface area contributed by atoms with Gasteiger partial charge in [-0.25, -0.2) is 4.39 Å². The highest BCUT2D eigenvalue weighted by atomic mass is 32.3. The summed E-state index contributed by atoms with van der Waals surface area (Å²) in [7, 11) is -4.77. The van der Waals surface area contributed by atoms with Gasteiger partial charge in [0.25, 0.3) is 0 Å². The molecule has 0 radical (unpaired) electrons. The fraction of sp³-hybridized carbons (Fsp3) is 0.300. The van der Waals surface area contributed by atoms with Gasteiger partial charge in [-0.15, -0.1) is 3.89 Å². The Bertz CT molecular complexity index is 558. The van der Waals surface area contributed by atoms with Crippen LogP contribution in [0.5, 0.6) is 0 Å². The molecule has 1 saturated heterocycles. The molecule has 1 aromatic carbocycles. The number of nitrogens with zero attached hydrogens (tertiary/aromatic N) is 1. The van der Waals surface area contributed by atoms with Crippen molar-refractivity contribution in [3.63, 3.8) is 0 Å². The summed E-state index contributed by atoms with van der Waals surface area (Å²) in [6, 6.07) is 5.46. The summed E-state index contributed by atoms with van der Waals surface area (Å²) < 4.78 is 47.6. The molecule has 1 amide bonds. The molecule has 0 aromatic heterocycles. The van der Waals surface area contributed by atoms with E-state index in [0.29, 0.717) is 0 Å². The van der Waals surface area contributed by atoms with Gasteiger partial charge in [-0.3, -0.25) is 4.79 Å². The number of anilines is 1. The molecule has 0 bridgehead atoms. The van der Waals surface area contributed by atoms with Gasteiger partial charge in [0.2, 0.25) is 5.91 Å². The molecule has 0 N–H and O–H groups in total. The normalized spacial score (nSPS) is 20.9. The Morgan fingerprint density at radius 3 is 2.47 bits per heavy atom. The first-order chi connectivity index (χ1) is 7.89. The third-order valence-electron chi connectivity index (χ3n) is 2.63. The Kier molecular flexibility index (Phi) is 2.86. The second-order valence-corrected chi connectivity index (χ2v) is 5.38. The van der Waals surface area contributed by atoms with E-state index in [0.717, 1.165) is 11.0 Å². The van der Waals surface area contributed by atoms with Gasteiger partial charge in [-0.1, -0.05) is 12.1 Å². The van der Waals surface area contributed by atoms with Gasteiger partial charge in [0.1, 0.15) is 11.1 Å². The maximum atomic E-state index is 13.4. The predicted octanol–water partition coefficient (Wildman–Crippen LogP) is 1.23. The van der Waals surface area contributed by atoms with Crippen LogP contribution in [0.4, 0.5) is 14.0 Å². The minimum atomic E-state index is -4.77. The number of hydrogen-bond acceptors (Lipinski definition) is 3. The summed E-state index contributed by atoms with van der Waals surface area (Å²) in [4.78, 5) is 12.5. The number of benzene rings is 1. The van der Waals surface area contributed by atoms with E-state index in [-0.39, 0.29) is 12.2 Å². The monoisotopic (exact) mass is 261 g/mol. The molecule has 0 aliphatic carbocycles. The van der Waals surface area contributed by atoms with Crippen molar-refractivity contribution in [1.82, 2.24) is 0 Å². The van der Waals surface area contributed by atoms with Crippen LogP contribution in [0.3, 0.4) is 0 Å². The van der Waals surface area contributed by atoms with Crippen LogP contribution in [0, 0.1) is 5.82 Å². The second kappa shape index (κ2) is 4.06. The fourth-order valence-corrected chi connectivity index (χ4v) is 2.44. The highest BCUT2D eigenvalue weighted by Crippen LogP contribution is 2.27. The van der Waals surface area contributed by atoms with E-state index >= 15 is 0 Å². The number of rotatable bonds is 2. The van der Waals surface area contributed by atoms with Crippen molar-refractivity contribution in [1.29, 1.82) is 0 Å². The molecule has 2 rings (SSSR count). The van der Waals surface area contributed by atoms with E-state index in [1.807, 2.05) is 0 Å². The summed E-state index contributed by atoms with van der Waals surface area (Å²) >= 11 is 0. The molecule has 1 fully saturated rings. The van der Waals surface area contributed by atoms with Crippen molar-refractivity contribution < 1.29 is 21.5 Å². The lowest BCUT2D eigenvalue weighted by Crippen LogP contribution is -2.27. The standard InChI is InChI=1S/C10H9F2NO3S/c11-8-3-1-2-4-9(8)13-6-7(5-10(13)14)17(12,15)16/h1-4,7H,5-6H2. The molecule has 0 saturated carbocycles. The van der Waals surface area contributed by atoms with Crippen LogP contribution in [0.15, 0.2) is 24.3 Å². The number of halogens is 2. The van der Waals surface area contributed by atoms with E-state index in [1.54, 1.807) is 0 Å². The van der Waals surface area contributed by atoms with Gasteiger partial charge >= 0.3 is 10.2 Å². The maximum Gasteiger partial charge on any atom is 0.307 e. The summed E-state index contributed by atoms with van der Waals surface area (Å²) in [5.41, 5.74) is -0.0244. The van der Waals surface area contributed by atoms with Crippen molar-refractivity contribution in [2.45, 2.75) is 11.7 Å². The van der Waals surface area contributed by atoms with Gasteiger partial charge < -0.3 is 4.90 Å². The maximum absolute atomic E-state index is 13.4. The number of para-hydroxylation sites is 1. The van der Waals surface area contributed by atoms with Crippen molar-refractivity contribution >= 4 is 21.8 Å². The highest BCUT2D eigenvalue weighted by Gasteiger charge is 2.39. The van der Waals surface area contributed by atoms with Crippen LogP contribution in [0.1, 0.15) is 6.42 Å². The molecular formula is C10H9F2NO3S. The molecular weight excluding hydrogens is 252 g/mol. The zero-order valence-electron chi connectivity index (χ0n) is 8.64. The molecule has 17 heavy (non-hydrogen) atoms. The third kappa shape index (κ3) is 2.28. The quantitative estimate of drug-likeness (QED) is 0.752. The fourth-order valence-electron chi connectivity index (χ4n) is 1.77. The minimum absolute atomic E-state index is 0.0244. The molecule has 1 heterocycles. The van der Waals surface area contributed by atoms with Crippen LogP contribution in [0.2, 0.25) is 0 Å². The van der Waals surface area contributed by atoms with Gasteiger partial charge in [0.15, 0.2) is 0 Å². The lowest BCUT2D eigenvalue weighted by Gasteiger charge is -2.16. The van der Waals surface area contributed by atoms with Crippen molar-refractivity contribution in [2.24, 2.45) is 0 Å². The van der Waals surface area contributed by atoms with Crippen LogP contribution >= 0.6 is 0 Å². The van der Waals surface area contributed by atoms with E-state index in [2.05, 4.69) is 0 Å². The van der Waals surface area contributed by atoms with Gasteiger partial charge in [-0.2, -0.15) is 8.42 Å². The lowest BCUT2D eigenvalue weighted by molar-refractivity contribution is -0.117. The van der Waals surface area contributed by atoms with Crippen LogP contribution in [0.25, 0.3) is 0 Å². The molecule has 1 unspecified atom stereocenters. The zero-order valence-corrected chi connectivity index (χ0v) is 9.45. The van der Waals surface area contributed by atoms with Crippen molar-refractivity contribution in [3.8, 4) is 0 Å². The van der Waals surface area contributed by atoms with Crippen molar-refractivity contribution in [3.05, 3.63) is 30.1 Å². The van der Waals surface area contributed by atoms with Gasteiger partial charge in [0.05, 0.1) is 5.69 Å². The van der Waals surface area contributed by atoms with Crippen LogP contribution in [-0.4, -0.2) is 26.1 Å². The smallest absolute Gasteiger partial charge is 0.307 e. The first kappa shape index (κ1) is 12.0. The first-order valence-electron chi connectivity index (χ1n) is 4.88. The molecule has 1 aliphatic heterocycles. The minimum Gasteiger partial charge on any atom is -0.308 e. The average molecular weight is 261 g/mol. The van der Waals surface area contributed by atoms with Gasteiger partial charge in [0, 0.05) is 13.0 Å². The number of carbonyl (C=O) groups excluding carboxylic acids is 1. The Morgan fingerprint density at radius 1 is 1.29 bits per heavy atom. The van der Waals surface area contributed by atoms with Crippen LogP contribution in [-0.2, 0) is 15.0 Å². The molecule has 1 aromatic rings. The largest absolute Gasteiger partial charge is 0.308 e. The Labute approximate surface area is 97.1 Å². The van der Waals surface area contributed by atoms with E-state index in [1.165, 1.54) is 18.2 Å². The average Bonchev–Trinajstić information content (AvgIpc) is 2.61. The lowest BCUT2D eigenvalue weighted by atomic mass is 10.3. The second-order valence-electron chi connectivity index (χ2n) is 3.76. The molecule has 92 valence electrons. The van der Waals surface area contributed by atoms with E-state index in [4.69, 9.17) is 0 Å². The first-order valence-corrected chi connectivity index (χ1v) is 6.32. The topological polar surface area (TPSA) is 54.5 Å². The zero-order chi connectivity index (χ0) is 12.6. The molecule has 1 aliphatic rings. The number of carbonyl (C=O) groups is 1. The number of amides is 1. The summed E-state index contributed by atoms with van der Waals surface area (Å²) in [5.74, 6) is -1.24. The highest BCUT2D eigenvalue weighted by molar-refractivity contribution is 7.87. The van der Waals surface area contributed by atoms with Gasteiger partial charge in [-0.05, 0) is 12.1 Å². The summed E-state index contributed by atoms with van der Waals surface area (Å²) in [6.07, 6.45) is -0.451. The summed E-state index contributed by atoms with van der Waals surface area (Å²) in [5, 5.41) is -1.41. The molecule has 4 nitrogen and oxygen atoms in total. The Hall–Kier alpha value is -1.50. The SMILES string of the molecule is O=C1CC(S(=O)(=O)F)CN1c1ccccc1F. The van der Waals surface area contributed by atoms with Crippen molar-refractivity contribution in [2.75, 3.05) is 11.4 Å². The number of hydrogen-bond donors (Lipinski definition) is 0. The summed E-state index contributed by atoms with van der Waals surface area (Å²) in [6.45, 7) is -0.349. The molecule has 7 heteroatoms. The molecule has 1 atom stereocenters. The van der Waals surface area contributed by atoms with Crippen LogP contribution < -0.4 is 4.90 Å².